The molecule has 3 nitrogen and oxygen atoms in total. The largest absolute Gasteiger partial charge is 0.208 e. The molecular weight excluding hydrogens is 558 g/mol. The van der Waals surface area contributed by atoms with E-state index in [-0.39, 0.29) is 0 Å². The van der Waals surface area contributed by atoms with Gasteiger partial charge in [-0.3, -0.25) is 0 Å². The quantitative estimate of drug-likeness (QED) is 0.206. The number of hydrogen-bond donors (Lipinski definition) is 0. The van der Waals surface area contributed by atoms with E-state index >= 15 is 0 Å². The highest BCUT2D eigenvalue weighted by Crippen LogP contribution is 2.48. The number of nitrogens with zero attached hydrogens (tertiary/aromatic N) is 3. The lowest BCUT2D eigenvalue weighted by Gasteiger charge is -2.13. The summed E-state index contributed by atoms with van der Waals surface area (Å²) < 4.78 is 0. The van der Waals surface area contributed by atoms with Crippen LogP contribution in [0.15, 0.2) is 164 Å². The fourth-order valence-corrected chi connectivity index (χ4v) is 6.67. The molecular formula is C43H27N3. The van der Waals surface area contributed by atoms with E-state index in [9.17, 15) is 0 Å². The van der Waals surface area contributed by atoms with Crippen LogP contribution >= 0.6 is 0 Å². The molecule has 1 aliphatic rings. The molecule has 214 valence electrons. The van der Waals surface area contributed by atoms with Crippen LogP contribution in [0.4, 0.5) is 0 Å². The first-order valence-corrected chi connectivity index (χ1v) is 15.5. The summed E-state index contributed by atoms with van der Waals surface area (Å²) in [6.07, 6.45) is 0. The van der Waals surface area contributed by atoms with Gasteiger partial charge in [0, 0.05) is 16.7 Å². The average Bonchev–Trinajstić information content (AvgIpc) is 3.26. The van der Waals surface area contributed by atoms with Crippen LogP contribution in [0.3, 0.4) is 0 Å². The molecule has 0 saturated heterocycles. The zero-order valence-corrected chi connectivity index (χ0v) is 24.9. The first-order chi connectivity index (χ1) is 22.8. The smallest absolute Gasteiger partial charge is 0.164 e. The van der Waals surface area contributed by atoms with E-state index in [0.29, 0.717) is 17.5 Å². The second-order valence-electron chi connectivity index (χ2n) is 11.6. The number of aromatic nitrogens is 3. The monoisotopic (exact) mass is 585 g/mol. The van der Waals surface area contributed by atoms with Gasteiger partial charge in [0.25, 0.3) is 0 Å². The summed E-state index contributed by atoms with van der Waals surface area (Å²) in [5.74, 6) is 1.98. The Morgan fingerprint density at radius 3 is 1.24 bits per heavy atom. The molecule has 0 spiro atoms. The van der Waals surface area contributed by atoms with Gasteiger partial charge in [0.15, 0.2) is 17.5 Å². The zero-order chi connectivity index (χ0) is 30.5. The third-order valence-corrected chi connectivity index (χ3v) is 8.90. The van der Waals surface area contributed by atoms with E-state index in [1.54, 1.807) is 0 Å². The second kappa shape index (κ2) is 10.8. The molecule has 1 heterocycles. The highest BCUT2D eigenvalue weighted by Gasteiger charge is 2.21. The lowest BCUT2D eigenvalue weighted by molar-refractivity contribution is 1.07. The fraction of sp³-hybridized carbons (Fsp3) is 0. The minimum atomic E-state index is 0.654. The highest BCUT2D eigenvalue weighted by atomic mass is 15.0. The Labute approximate surface area is 267 Å². The van der Waals surface area contributed by atoms with E-state index in [0.717, 1.165) is 22.3 Å². The van der Waals surface area contributed by atoms with Gasteiger partial charge in [-0.05, 0) is 61.3 Å². The predicted octanol–water partition coefficient (Wildman–Crippen LogP) is 11.0. The SMILES string of the molecule is c1ccc(-c2nc(-c3ccccc3)nc(-c3ccc(-c4ccc5c(c4)-c4ccccc4-c4cccc6cccc-5c46)cc3)n2)cc1. The molecule has 0 amide bonds. The minimum absolute atomic E-state index is 0.654. The predicted molar refractivity (Wildman–Crippen MR) is 189 cm³/mol. The number of benzene rings is 7. The molecule has 8 aromatic rings. The Balaban J connectivity index is 1.15. The summed E-state index contributed by atoms with van der Waals surface area (Å²) in [6, 6.07) is 57.7. The standard InChI is InChI=1S/C43H27N3/c1-3-11-30(12-4-1)41-44-42(31-13-5-2-6-14-31)46-43(45-41)32-23-21-28(22-24-32)33-25-26-36-38-20-10-16-29-15-9-19-37(40(29)38)34-17-7-8-18-35(34)39(36)27-33/h1-27H. The molecule has 0 unspecified atom stereocenters. The first kappa shape index (κ1) is 26.2. The molecule has 0 N–H and O–H groups in total. The van der Waals surface area contributed by atoms with Crippen molar-refractivity contribution in [3.05, 3.63) is 164 Å². The van der Waals surface area contributed by atoms with Gasteiger partial charge in [-0.15, -0.1) is 0 Å². The van der Waals surface area contributed by atoms with E-state index in [1.807, 2.05) is 60.7 Å². The van der Waals surface area contributed by atoms with Gasteiger partial charge in [0.2, 0.25) is 0 Å². The van der Waals surface area contributed by atoms with Gasteiger partial charge >= 0.3 is 0 Å². The van der Waals surface area contributed by atoms with Crippen LogP contribution < -0.4 is 0 Å². The van der Waals surface area contributed by atoms with Crippen LogP contribution in [0.1, 0.15) is 0 Å². The third-order valence-electron chi connectivity index (χ3n) is 8.90. The van der Waals surface area contributed by atoms with Crippen molar-refractivity contribution >= 4 is 10.8 Å². The number of hydrogen-bond acceptors (Lipinski definition) is 3. The Bertz CT molecular complexity index is 2330. The molecule has 1 aliphatic carbocycles. The average molecular weight is 586 g/mol. The van der Waals surface area contributed by atoms with Crippen LogP contribution in [0.2, 0.25) is 0 Å². The lowest BCUT2D eigenvalue weighted by Crippen LogP contribution is -2.00. The maximum Gasteiger partial charge on any atom is 0.164 e. The molecule has 7 aromatic carbocycles. The topological polar surface area (TPSA) is 38.7 Å². The Kier molecular flexibility index (Phi) is 6.14. The molecule has 46 heavy (non-hydrogen) atoms. The minimum Gasteiger partial charge on any atom is -0.208 e. The maximum absolute atomic E-state index is 4.91. The molecule has 0 bridgehead atoms. The molecule has 3 heteroatoms. The maximum atomic E-state index is 4.91. The Morgan fingerprint density at radius 2 is 0.674 bits per heavy atom. The van der Waals surface area contributed by atoms with Crippen molar-refractivity contribution < 1.29 is 0 Å². The van der Waals surface area contributed by atoms with Crippen molar-refractivity contribution in [1.29, 1.82) is 0 Å². The summed E-state index contributed by atoms with van der Waals surface area (Å²) in [6.45, 7) is 0. The van der Waals surface area contributed by atoms with Crippen molar-refractivity contribution in [3.8, 4) is 78.7 Å². The van der Waals surface area contributed by atoms with Gasteiger partial charge in [-0.25, -0.2) is 15.0 Å². The summed E-state index contributed by atoms with van der Waals surface area (Å²) in [5.41, 5.74) is 12.8. The molecule has 0 radical (unpaired) electrons. The summed E-state index contributed by atoms with van der Waals surface area (Å²) in [7, 11) is 0. The van der Waals surface area contributed by atoms with Gasteiger partial charge < -0.3 is 0 Å². The number of fused-ring (bicyclic) bond motifs is 5. The molecule has 9 rings (SSSR count). The normalized spacial score (nSPS) is 11.5. The van der Waals surface area contributed by atoms with Crippen molar-refractivity contribution in [2.24, 2.45) is 0 Å². The van der Waals surface area contributed by atoms with Crippen LogP contribution in [-0.4, -0.2) is 15.0 Å². The van der Waals surface area contributed by atoms with E-state index < -0.39 is 0 Å². The van der Waals surface area contributed by atoms with E-state index in [4.69, 9.17) is 15.0 Å². The van der Waals surface area contributed by atoms with Crippen molar-refractivity contribution in [2.75, 3.05) is 0 Å². The molecule has 0 saturated carbocycles. The van der Waals surface area contributed by atoms with E-state index in [1.165, 1.54) is 49.7 Å². The van der Waals surface area contributed by atoms with Crippen LogP contribution in [0.25, 0.3) is 89.4 Å². The highest BCUT2D eigenvalue weighted by molar-refractivity contribution is 6.13. The summed E-state index contributed by atoms with van der Waals surface area (Å²) >= 11 is 0. The van der Waals surface area contributed by atoms with Gasteiger partial charge in [-0.2, -0.15) is 0 Å². The molecule has 0 atom stereocenters. The summed E-state index contributed by atoms with van der Waals surface area (Å²) in [5, 5.41) is 2.58. The zero-order valence-electron chi connectivity index (χ0n) is 24.9. The van der Waals surface area contributed by atoms with Gasteiger partial charge in [0.1, 0.15) is 0 Å². The number of rotatable bonds is 4. The Morgan fingerprint density at radius 1 is 0.261 bits per heavy atom. The molecule has 0 fully saturated rings. The fourth-order valence-electron chi connectivity index (χ4n) is 6.67. The van der Waals surface area contributed by atoms with E-state index in [2.05, 4.69) is 103 Å². The van der Waals surface area contributed by atoms with Crippen molar-refractivity contribution in [1.82, 2.24) is 15.0 Å². The van der Waals surface area contributed by atoms with Gasteiger partial charge in [-0.1, -0.05) is 158 Å². The third kappa shape index (κ3) is 4.41. The molecule has 0 aliphatic heterocycles. The lowest BCUT2D eigenvalue weighted by atomic mass is 9.90. The summed E-state index contributed by atoms with van der Waals surface area (Å²) in [4.78, 5) is 14.7. The van der Waals surface area contributed by atoms with Crippen molar-refractivity contribution in [3.63, 3.8) is 0 Å². The molecule has 1 aromatic heterocycles. The van der Waals surface area contributed by atoms with Crippen LogP contribution in [-0.2, 0) is 0 Å². The first-order valence-electron chi connectivity index (χ1n) is 15.5. The van der Waals surface area contributed by atoms with Gasteiger partial charge in [0.05, 0.1) is 0 Å². The van der Waals surface area contributed by atoms with Crippen LogP contribution in [0.5, 0.6) is 0 Å². The Hall–Kier alpha value is -6.19. The van der Waals surface area contributed by atoms with Crippen molar-refractivity contribution in [2.45, 2.75) is 0 Å². The van der Waals surface area contributed by atoms with Crippen LogP contribution in [0, 0.1) is 0 Å². The second-order valence-corrected chi connectivity index (χ2v) is 11.6.